The van der Waals surface area contributed by atoms with Crippen LogP contribution < -0.4 is 0 Å². The van der Waals surface area contributed by atoms with Crippen molar-refractivity contribution in [2.45, 2.75) is 98.3 Å². The summed E-state index contributed by atoms with van der Waals surface area (Å²) < 4.78 is 0. The molecular formula is C24H42. The summed E-state index contributed by atoms with van der Waals surface area (Å²) in [6, 6.07) is 0. The molecule has 3 aliphatic carbocycles. The van der Waals surface area contributed by atoms with Crippen LogP contribution in [0.3, 0.4) is 0 Å². The summed E-state index contributed by atoms with van der Waals surface area (Å²) in [6.07, 6.45) is 18.2. The van der Waals surface area contributed by atoms with Crippen molar-refractivity contribution in [1.82, 2.24) is 0 Å². The van der Waals surface area contributed by atoms with Crippen LogP contribution in [0.1, 0.15) is 98.3 Å². The predicted molar refractivity (Wildman–Crippen MR) is 106 cm³/mol. The molecule has 7 unspecified atom stereocenters. The Kier molecular flexibility index (Phi) is 5.53. The molecule has 3 rings (SSSR count). The Balaban J connectivity index is 1.80. The molecule has 0 amide bonds. The molecule has 0 spiro atoms. The van der Waals surface area contributed by atoms with E-state index in [0.717, 1.165) is 29.6 Å². The van der Waals surface area contributed by atoms with Crippen molar-refractivity contribution in [3.63, 3.8) is 0 Å². The van der Waals surface area contributed by atoms with Crippen LogP contribution in [0.5, 0.6) is 0 Å². The third-order valence-corrected chi connectivity index (χ3v) is 9.26. The van der Waals surface area contributed by atoms with E-state index in [-0.39, 0.29) is 0 Å². The lowest BCUT2D eigenvalue weighted by Gasteiger charge is -2.56. The number of rotatable bonds is 5. The van der Waals surface area contributed by atoms with Crippen LogP contribution in [0.25, 0.3) is 0 Å². The Morgan fingerprint density at radius 1 is 0.917 bits per heavy atom. The maximum Gasteiger partial charge on any atom is -0.0264 e. The van der Waals surface area contributed by atoms with Crippen LogP contribution in [0, 0.1) is 40.4 Å². The Bertz CT molecular complexity index is 437. The molecule has 0 aromatic carbocycles. The van der Waals surface area contributed by atoms with Crippen molar-refractivity contribution < 1.29 is 0 Å². The minimum Gasteiger partial charge on any atom is -0.103 e. The van der Waals surface area contributed by atoms with Crippen molar-refractivity contribution in [1.29, 1.82) is 0 Å². The summed E-state index contributed by atoms with van der Waals surface area (Å²) in [7, 11) is 0. The first-order valence-electron chi connectivity index (χ1n) is 11.1. The molecular weight excluding hydrogens is 288 g/mol. The van der Waals surface area contributed by atoms with Crippen molar-refractivity contribution >= 4 is 0 Å². The van der Waals surface area contributed by atoms with Crippen molar-refractivity contribution in [3.8, 4) is 0 Å². The van der Waals surface area contributed by atoms with E-state index in [0.29, 0.717) is 10.8 Å². The fourth-order valence-corrected chi connectivity index (χ4v) is 7.87. The van der Waals surface area contributed by atoms with Gasteiger partial charge < -0.3 is 0 Å². The van der Waals surface area contributed by atoms with Crippen LogP contribution in [0.15, 0.2) is 12.7 Å². The number of fused-ring (bicyclic) bond motifs is 1. The second kappa shape index (κ2) is 7.16. The normalized spacial score (nSPS) is 48.9. The van der Waals surface area contributed by atoms with Gasteiger partial charge in [0.05, 0.1) is 0 Å². The summed E-state index contributed by atoms with van der Waals surface area (Å²) in [5.74, 6) is 4.80. The molecule has 0 heteroatoms. The molecule has 0 bridgehead atoms. The summed E-state index contributed by atoms with van der Waals surface area (Å²) in [4.78, 5) is 0. The third kappa shape index (κ3) is 2.90. The average Bonchev–Trinajstić information content (AvgIpc) is 2.88. The average molecular weight is 331 g/mol. The first-order chi connectivity index (χ1) is 11.5. The van der Waals surface area contributed by atoms with Crippen molar-refractivity contribution in [2.24, 2.45) is 40.4 Å². The number of hydrogen-bond donors (Lipinski definition) is 0. The first kappa shape index (κ1) is 18.5. The molecule has 138 valence electrons. The highest BCUT2D eigenvalue weighted by atomic mass is 14.6. The van der Waals surface area contributed by atoms with Crippen molar-refractivity contribution in [2.75, 3.05) is 0 Å². The fourth-order valence-electron chi connectivity index (χ4n) is 7.87. The van der Waals surface area contributed by atoms with Crippen LogP contribution >= 0.6 is 0 Å². The Hall–Kier alpha value is -0.260. The molecule has 0 N–H and O–H groups in total. The Morgan fingerprint density at radius 3 is 2.33 bits per heavy atom. The van der Waals surface area contributed by atoms with E-state index in [1.807, 2.05) is 0 Å². The minimum atomic E-state index is 0.579. The highest BCUT2D eigenvalue weighted by molar-refractivity contribution is 5.06. The molecule has 0 aromatic heterocycles. The van der Waals surface area contributed by atoms with Crippen molar-refractivity contribution in [3.05, 3.63) is 12.7 Å². The fraction of sp³-hybridized carbons (Fsp3) is 0.917. The molecule has 3 fully saturated rings. The van der Waals surface area contributed by atoms with Crippen LogP contribution in [-0.4, -0.2) is 0 Å². The predicted octanol–water partition coefficient (Wildman–Crippen LogP) is 7.64. The SMILES string of the molecule is C=CCC1CCCCC1(C)C1CCC2(C)C(CCC)CCC2C1C. The lowest BCUT2D eigenvalue weighted by atomic mass is 9.49. The molecule has 0 aromatic rings. The standard InChI is InChI=1S/C24H42/c1-6-10-19-12-8-9-16-23(19,4)22-15-17-24(5)20(11-7-2)13-14-21(24)18(22)3/h6,18-22H,1,7-17H2,2-5H3. The number of allylic oxidation sites excluding steroid dienone is 1. The van der Waals surface area contributed by atoms with Gasteiger partial charge in [-0.2, -0.15) is 0 Å². The maximum atomic E-state index is 4.08. The van der Waals surface area contributed by atoms with Gasteiger partial charge in [-0.25, -0.2) is 0 Å². The lowest BCUT2D eigenvalue weighted by molar-refractivity contribution is -0.0695. The van der Waals surface area contributed by atoms with E-state index >= 15 is 0 Å². The van der Waals surface area contributed by atoms with Gasteiger partial charge in [0.1, 0.15) is 0 Å². The first-order valence-corrected chi connectivity index (χ1v) is 11.1. The molecule has 3 aliphatic rings. The summed E-state index contributed by atoms with van der Waals surface area (Å²) >= 11 is 0. The van der Waals surface area contributed by atoms with Gasteiger partial charge in [-0.1, -0.05) is 59.5 Å². The van der Waals surface area contributed by atoms with E-state index in [4.69, 9.17) is 0 Å². The summed E-state index contributed by atoms with van der Waals surface area (Å²) in [5.41, 5.74) is 1.24. The van der Waals surface area contributed by atoms with E-state index < -0.39 is 0 Å². The molecule has 0 radical (unpaired) electrons. The highest BCUT2D eigenvalue weighted by Gasteiger charge is 2.56. The van der Waals surface area contributed by atoms with Crippen LogP contribution in [-0.2, 0) is 0 Å². The van der Waals surface area contributed by atoms with E-state index in [1.54, 1.807) is 0 Å². The van der Waals surface area contributed by atoms with Gasteiger partial charge in [0.25, 0.3) is 0 Å². The Labute approximate surface area is 151 Å². The summed E-state index contributed by atoms with van der Waals surface area (Å²) in [5, 5.41) is 0. The molecule has 24 heavy (non-hydrogen) atoms. The zero-order valence-electron chi connectivity index (χ0n) is 16.9. The quantitative estimate of drug-likeness (QED) is 0.454. The maximum absolute atomic E-state index is 4.08. The summed E-state index contributed by atoms with van der Waals surface area (Å²) in [6.45, 7) is 14.4. The smallest absolute Gasteiger partial charge is 0.0264 e. The highest BCUT2D eigenvalue weighted by Crippen LogP contribution is 2.64. The Morgan fingerprint density at radius 2 is 1.62 bits per heavy atom. The molecule has 3 saturated carbocycles. The van der Waals surface area contributed by atoms with E-state index in [9.17, 15) is 0 Å². The second-order valence-corrected chi connectivity index (χ2v) is 10.2. The third-order valence-electron chi connectivity index (χ3n) is 9.26. The van der Waals surface area contributed by atoms with Gasteiger partial charge >= 0.3 is 0 Å². The monoisotopic (exact) mass is 330 g/mol. The molecule has 7 atom stereocenters. The lowest BCUT2D eigenvalue weighted by Crippen LogP contribution is -2.48. The largest absolute Gasteiger partial charge is 0.103 e. The number of hydrogen-bond acceptors (Lipinski definition) is 0. The van der Waals surface area contributed by atoms with Gasteiger partial charge in [0.2, 0.25) is 0 Å². The molecule has 0 heterocycles. The van der Waals surface area contributed by atoms with Crippen LogP contribution in [0.2, 0.25) is 0 Å². The second-order valence-electron chi connectivity index (χ2n) is 10.2. The topological polar surface area (TPSA) is 0 Å². The zero-order chi connectivity index (χ0) is 17.4. The molecule has 0 aliphatic heterocycles. The molecule has 0 saturated heterocycles. The van der Waals surface area contributed by atoms with Gasteiger partial charge in [-0.3, -0.25) is 0 Å². The van der Waals surface area contributed by atoms with E-state index in [2.05, 4.69) is 40.3 Å². The molecule has 0 nitrogen and oxygen atoms in total. The zero-order valence-corrected chi connectivity index (χ0v) is 16.9. The van der Waals surface area contributed by atoms with Gasteiger partial charge in [-0.15, -0.1) is 6.58 Å². The van der Waals surface area contributed by atoms with Gasteiger partial charge in [0, 0.05) is 0 Å². The van der Waals surface area contributed by atoms with Gasteiger partial charge in [0.15, 0.2) is 0 Å². The minimum absolute atomic E-state index is 0.579. The van der Waals surface area contributed by atoms with E-state index in [1.165, 1.54) is 70.6 Å². The van der Waals surface area contributed by atoms with Crippen LogP contribution in [0.4, 0.5) is 0 Å². The van der Waals surface area contributed by atoms with Gasteiger partial charge in [-0.05, 0) is 85.4 Å².